The Labute approximate surface area is 149 Å². The average molecular weight is 356 g/mol. The zero-order valence-corrected chi connectivity index (χ0v) is 14.1. The molecule has 1 aromatic heterocycles. The van der Waals surface area contributed by atoms with Crippen LogP contribution in [0.2, 0.25) is 5.02 Å². The molecular weight excluding hydrogens is 341 g/mol. The van der Waals surface area contributed by atoms with Gasteiger partial charge in [-0.2, -0.15) is 0 Å². The standard InChI is InChI=1S/C19H15ClFN3O/c1-12-2-3-14(20)11-17(12)24-19(25)13-8-9-22-18(10-13)23-16-6-4-15(21)5-7-16/h2-11H,1H3,(H,22,23)(H,24,25). The fourth-order valence-corrected chi connectivity index (χ4v) is 2.42. The summed E-state index contributed by atoms with van der Waals surface area (Å²) in [5.74, 6) is -0.0967. The van der Waals surface area contributed by atoms with Crippen LogP contribution in [0.4, 0.5) is 21.6 Å². The molecule has 3 aromatic rings. The number of halogens is 2. The predicted molar refractivity (Wildman–Crippen MR) is 98.1 cm³/mol. The number of nitrogens with one attached hydrogen (secondary N) is 2. The Kier molecular flexibility index (Phi) is 4.95. The minimum Gasteiger partial charge on any atom is -0.340 e. The number of carbonyl (C=O) groups is 1. The molecule has 3 rings (SSSR count). The van der Waals surface area contributed by atoms with E-state index in [1.54, 1.807) is 36.4 Å². The van der Waals surface area contributed by atoms with Crippen molar-refractivity contribution in [2.75, 3.05) is 10.6 Å². The van der Waals surface area contributed by atoms with Crippen LogP contribution in [0.3, 0.4) is 0 Å². The summed E-state index contributed by atoms with van der Waals surface area (Å²) in [7, 11) is 0. The smallest absolute Gasteiger partial charge is 0.255 e. The average Bonchev–Trinajstić information content (AvgIpc) is 2.60. The van der Waals surface area contributed by atoms with Crippen molar-refractivity contribution in [2.24, 2.45) is 0 Å². The number of hydrogen-bond donors (Lipinski definition) is 2. The van der Waals surface area contributed by atoms with Gasteiger partial charge >= 0.3 is 0 Å². The van der Waals surface area contributed by atoms with Gasteiger partial charge in [-0.05, 0) is 61.0 Å². The number of aryl methyl sites for hydroxylation is 1. The fourth-order valence-electron chi connectivity index (χ4n) is 2.24. The second-order valence-corrected chi connectivity index (χ2v) is 5.91. The number of carbonyl (C=O) groups excluding carboxylic acids is 1. The Hall–Kier alpha value is -2.92. The predicted octanol–water partition coefficient (Wildman–Crippen LogP) is 5.18. The van der Waals surface area contributed by atoms with Crippen molar-refractivity contribution in [3.05, 3.63) is 82.8 Å². The molecule has 2 N–H and O–H groups in total. The molecule has 0 aliphatic rings. The third-order valence-electron chi connectivity index (χ3n) is 3.59. The van der Waals surface area contributed by atoms with Crippen LogP contribution in [0.15, 0.2) is 60.8 Å². The minimum atomic E-state index is -0.316. The molecule has 0 aliphatic heterocycles. The van der Waals surface area contributed by atoms with E-state index in [1.165, 1.54) is 18.3 Å². The Balaban J connectivity index is 1.77. The lowest BCUT2D eigenvalue weighted by atomic mass is 10.2. The first kappa shape index (κ1) is 16.9. The number of benzene rings is 2. The van der Waals surface area contributed by atoms with E-state index < -0.39 is 0 Å². The van der Waals surface area contributed by atoms with Crippen LogP contribution in [-0.4, -0.2) is 10.9 Å². The molecule has 2 aromatic carbocycles. The van der Waals surface area contributed by atoms with Crippen molar-refractivity contribution in [3.63, 3.8) is 0 Å². The number of rotatable bonds is 4. The summed E-state index contributed by atoms with van der Waals surface area (Å²) >= 11 is 5.97. The molecule has 0 saturated heterocycles. The molecule has 6 heteroatoms. The Bertz CT molecular complexity index is 913. The molecule has 1 amide bonds. The zero-order valence-electron chi connectivity index (χ0n) is 13.4. The van der Waals surface area contributed by atoms with E-state index in [4.69, 9.17) is 11.6 Å². The molecule has 0 fully saturated rings. The number of aromatic nitrogens is 1. The van der Waals surface area contributed by atoms with Crippen LogP contribution in [-0.2, 0) is 0 Å². The van der Waals surface area contributed by atoms with Gasteiger partial charge in [-0.3, -0.25) is 4.79 Å². The number of hydrogen-bond acceptors (Lipinski definition) is 3. The van der Waals surface area contributed by atoms with Gasteiger partial charge in [0.25, 0.3) is 5.91 Å². The van der Waals surface area contributed by atoms with Gasteiger partial charge in [0, 0.05) is 28.2 Å². The lowest BCUT2D eigenvalue weighted by molar-refractivity contribution is 0.102. The second-order valence-electron chi connectivity index (χ2n) is 5.48. The molecule has 0 radical (unpaired) electrons. The van der Waals surface area contributed by atoms with Crippen LogP contribution < -0.4 is 10.6 Å². The van der Waals surface area contributed by atoms with Crippen molar-refractivity contribution in [1.29, 1.82) is 0 Å². The summed E-state index contributed by atoms with van der Waals surface area (Å²) in [6.45, 7) is 1.89. The molecule has 0 saturated carbocycles. The Morgan fingerprint density at radius 1 is 1.08 bits per heavy atom. The summed E-state index contributed by atoms with van der Waals surface area (Å²) < 4.78 is 13.0. The maximum atomic E-state index is 13.0. The van der Waals surface area contributed by atoms with Crippen molar-refractivity contribution >= 4 is 34.7 Å². The number of anilines is 3. The van der Waals surface area contributed by atoms with Crippen LogP contribution >= 0.6 is 11.6 Å². The second kappa shape index (κ2) is 7.32. The molecule has 1 heterocycles. The van der Waals surface area contributed by atoms with Gasteiger partial charge in [-0.25, -0.2) is 9.37 Å². The van der Waals surface area contributed by atoms with Crippen LogP contribution in [0.25, 0.3) is 0 Å². The van der Waals surface area contributed by atoms with Crippen molar-refractivity contribution in [3.8, 4) is 0 Å². The van der Waals surface area contributed by atoms with Crippen molar-refractivity contribution < 1.29 is 9.18 Å². The monoisotopic (exact) mass is 355 g/mol. The number of nitrogens with zero attached hydrogens (tertiary/aromatic N) is 1. The van der Waals surface area contributed by atoms with E-state index in [9.17, 15) is 9.18 Å². The normalized spacial score (nSPS) is 10.4. The van der Waals surface area contributed by atoms with Gasteiger partial charge < -0.3 is 10.6 Å². The topological polar surface area (TPSA) is 54.0 Å². The van der Waals surface area contributed by atoms with E-state index >= 15 is 0 Å². The zero-order chi connectivity index (χ0) is 17.8. The SMILES string of the molecule is Cc1ccc(Cl)cc1NC(=O)c1ccnc(Nc2ccc(F)cc2)c1. The molecule has 0 unspecified atom stereocenters. The molecule has 126 valence electrons. The first-order chi connectivity index (χ1) is 12.0. The quantitative estimate of drug-likeness (QED) is 0.678. The van der Waals surface area contributed by atoms with Gasteiger partial charge in [-0.15, -0.1) is 0 Å². The van der Waals surface area contributed by atoms with Crippen molar-refractivity contribution in [1.82, 2.24) is 4.98 Å². The highest BCUT2D eigenvalue weighted by Gasteiger charge is 2.10. The summed E-state index contributed by atoms with van der Waals surface area (Å²) in [6, 6.07) is 14.4. The maximum Gasteiger partial charge on any atom is 0.255 e. The third-order valence-corrected chi connectivity index (χ3v) is 3.82. The largest absolute Gasteiger partial charge is 0.340 e. The van der Waals surface area contributed by atoms with E-state index in [0.717, 1.165) is 5.56 Å². The first-order valence-electron chi connectivity index (χ1n) is 7.57. The lowest BCUT2D eigenvalue weighted by Crippen LogP contribution is -2.13. The highest BCUT2D eigenvalue weighted by molar-refractivity contribution is 6.31. The molecule has 0 bridgehead atoms. The lowest BCUT2D eigenvalue weighted by Gasteiger charge is -2.10. The molecule has 0 spiro atoms. The highest BCUT2D eigenvalue weighted by Crippen LogP contribution is 2.21. The Morgan fingerprint density at radius 3 is 2.60 bits per heavy atom. The van der Waals surface area contributed by atoms with E-state index in [-0.39, 0.29) is 11.7 Å². The van der Waals surface area contributed by atoms with Crippen LogP contribution in [0, 0.1) is 12.7 Å². The maximum absolute atomic E-state index is 13.0. The highest BCUT2D eigenvalue weighted by atomic mass is 35.5. The molecule has 0 aliphatic carbocycles. The van der Waals surface area contributed by atoms with Gasteiger partial charge in [0.1, 0.15) is 11.6 Å². The summed E-state index contributed by atoms with van der Waals surface area (Å²) in [5, 5.41) is 6.42. The molecular formula is C19H15ClFN3O. The van der Waals surface area contributed by atoms with Crippen LogP contribution in [0.5, 0.6) is 0 Å². The molecule has 25 heavy (non-hydrogen) atoms. The molecule has 0 atom stereocenters. The summed E-state index contributed by atoms with van der Waals surface area (Å²) in [5.41, 5.74) is 2.69. The van der Waals surface area contributed by atoms with E-state index in [1.807, 2.05) is 13.0 Å². The molecule has 4 nitrogen and oxygen atoms in total. The summed E-state index contributed by atoms with van der Waals surface area (Å²) in [4.78, 5) is 16.6. The van der Waals surface area contributed by atoms with Crippen LogP contribution in [0.1, 0.15) is 15.9 Å². The third kappa shape index (κ3) is 4.33. The van der Waals surface area contributed by atoms with E-state index in [2.05, 4.69) is 15.6 Å². The van der Waals surface area contributed by atoms with Gasteiger partial charge in [0.2, 0.25) is 0 Å². The van der Waals surface area contributed by atoms with Gasteiger partial charge in [0.05, 0.1) is 0 Å². The fraction of sp³-hybridized carbons (Fsp3) is 0.0526. The minimum absolute atomic E-state index is 0.269. The van der Waals surface area contributed by atoms with E-state index in [0.29, 0.717) is 27.8 Å². The Morgan fingerprint density at radius 2 is 1.84 bits per heavy atom. The van der Waals surface area contributed by atoms with Gasteiger partial charge in [-0.1, -0.05) is 17.7 Å². The number of amides is 1. The van der Waals surface area contributed by atoms with Crippen molar-refractivity contribution in [2.45, 2.75) is 6.92 Å². The first-order valence-corrected chi connectivity index (χ1v) is 7.95. The number of pyridine rings is 1. The van der Waals surface area contributed by atoms with Gasteiger partial charge in [0.15, 0.2) is 0 Å². The summed E-state index contributed by atoms with van der Waals surface area (Å²) in [6.07, 6.45) is 1.53.